The zero-order chi connectivity index (χ0) is 19.6. The Bertz CT molecular complexity index is 963. The van der Waals surface area contributed by atoms with E-state index >= 15 is 0 Å². The van der Waals surface area contributed by atoms with E-state index in [4.69, 9.17) is 23.2 Å². The molecule has 0 radical (unpaired) electrons. The van der Waals surface area contributed by atoms with Gasteiger partial charge in [0.15, 0.2) is 0 Å². The zero-order valence-electron chi connectivity index (χ0n) is 15.3. The van der Waals surface area contributed by atoms with Gasteiger partial charge in [0.25, 0.3) is 0 Å². The number of rotatable bonds is 3. The first-order valence-corrected chi connectivity index (χ1v) is 10.1. The van der Waals surface area contributed by atoms with Crippen LogP contribution in [0.4, 0.5) is 16.2 Å². The van der Waals surface area contributed by atoms with E-state index in [-0.39, 0.29) is 11.4 Å². The first kappa shape index (κ1) is 19.7. The van der Waals surface area contributed by atoms with Crippen LogP contribution in [0, 0.1) is 0 Å². The van der Waals surface area contributed by atoms with E-state index in [1.165, 1.54) is 0 Å². The van der Waals surface area contributed by atoms with Crippen molar-refractivity contribution < 1.29 is 4.79 Å². The third kappa shape index (κ3) is 4.64. The van der Waals surface area contributed by atoms with Gasteiger partial charge in [-0.3, -0.25) is 0 Å². The van der Waals surface area contributed by atoms with Crippen LogP contribution in [0.5, 0.6) is 0 Å². The molecular weight excluding hydrogens is 399 g/mol. The van der Waals surface area contributed by atoms with Gasteiger partial charge >= 0.3 is 6.03 Å². The number of anilines is 2. The van der Waals surface area contributed by atoms with Crippen molar-refractivity contribution in [3.63, 3.8) is 0 Å². The van der Waals surface area contributed by atoms with Crippen LogP contribution in [-0.2, 0) is 5.41 Å². The number of carbonyl (C=O) groups is 1. The van der Waals surface area contributed by atoms with Gasteiger partial charge in [-0.05, 0) is 51.6 Å². The Morgan fingerprint density at radius 3 is 2.41 bits per heavy atom. The highest BCUT2D eigenvalue weighted by atomic mass is 35.5. The number of halogens is 2. The van der Waals surface area contributed by atoms with Gasteiger partial charge in [0.1, 0.15) is 0 Å². The van der Waals surface area contributed by atoms with Crippen LogP contribution in [0.15, 0.2) is 53.2 Å². The van der Waals surface area contributed by atoms with Crippen molar-refractivity contribution >= 4 is 51.9 Å². The van der Waals surface area contributed by atoms with Crippen LogP contribution >= 0.6 is 34.5 Å². The fourth-order valence-corrected chi connectivity index (χ4v) is 3.66. The topological polar surface area (TPSA) is 41.1 Å². The lowest BCUT2D eigenvalue weighted by molar-refractivity contribution is 0.262. The molecule has 0 saturated carbocycles. The molecule has 3 aromatic rings. The number of hydrogen-bond donors (Lipinski definition) is 2. The van der Waals surface area contributed by atoms with Crippen molar-refractivity contribution in [1.82, 2.24) is 0 Å². The molecule has 1 aromatic heterocycles. The number of hydrogen-bond acceptors (Lipinski definition) is 2. The summed E-state index contributed by atoms with van der Waals surface area (Å²) in [6.45, 7) is 6.42. The fourth-order valence-electron chi connectivity index (χ4n) is 2.66. The number of carbonyl (C=O) groups excluding carboxylic acids is 1. The van der Waals surface area contributed by atoms with E-state index in [9.17, 15) is 4.79 Å². The summed E-state index contributed by atoms with van der Waals surface area (Å²) in [7, 11) is 0. The molecule has 0 unspecified atom stereocenters. The van der Waals surface area contributed by atoms with Crippen LogP contribution in [-0.4, -0.2) is 6.03 Å². The third-order valence-electron chi connectivity index (χ3n) is 4.17. The highest BCUT2D eigenvalue weighted by molar-refractivity contribution is 7.08. The van der Waals surface area contributed by atoms with Crippen LogP contribution in [0.25, 0.3) is 11.1 Å². The second kappa shape index (κ2) is 7.93. The minimum Gasteiger partial charge on any atom is -0.307 e. The number of amides is 2. The fraction of sp³-hybridized carbons (Fsp3) is 0.190. The Kier molecular flexibility index (Phi) is 5.80. The summed E-state index contributed by atoms with van der Waals surface area (Å²) in [4.78, 5) is 12.6. The monoisotopic (exact) mass is 418 g/mol. The van der Waals surface area contributed by atoms with Gasteiger partial charge in [0, 0.05) is 5.56 Å². The van der Waals surface area contributed by atoms with Crippen molar-refractivity contribution in [3.8, 4) is 11.1 Å². The maximum atomic E-state index is 12.6. The van der Waals surface area contributed by atoms with E-state index in [0.717, 1.165) is 22.4 Å². The van der Waals surface area contributed by atoms with Gasteiger partial charge in [-0.25, -0.2) is 4.79 Å². The molecule has 0 atom stereocenters. The Hall–Kier alpha value is -2.01. The SMILES string of the molecule is CC(C)(C)c1ccc(-c2ccsc2)c(NC(=O)Nc2cccc(Cl)c2Cl)c1. The summed E-state index contributed by atoms with van der Waals surface area (Å²) in [5.74, 6) is 0. The lowest BCUT2D eigenvalue weighted by Gasteiger charge is -2.22. The molecule has 0 saturated heterocycles. The molecule has 0 bridgehead atoms. The Balaban J connectivity index is 1.92. The molecule has 140 valence electrons. The van der Waals surface area contributed by atoms with E-state index in [0.29, 0.717) is 15.7 Å². The largest absolute Gasteiger partial charge is 0.323 e. The first-order valence-electron chi connectivity index (χ1n) is 8.45. The highest BCUT2D eigenvalue weighted by Crippen LogP contribution is 2.35. The molecule has 2 aromatic carbocycles. The van der Waals surface area contributed by atoms with Crippen molar-refractivity contribution in [1.29, 1.82) is 0 Å². The van der Waals surface area contributed by atoms with Crippen molar-refractivity contribution in [2.75, 3.05) is 10.6 Å². The second-order valence-electron chi connectivity index (χ2n) is 7.20. The Morgan fingerprint density at radius 2 is 1.74 bits per heavy atom. The quantitative estimate of drug-likeness (QED) is 0.449. The normalized spacial score (nSPS) is 11.3. The Morgan fingerprint density at radius 1 is 1.00 bits per heavy atom. The molecule has 0 aliphatic carbocycles. The minimum atomic E-state index is -0.373. The molecule has 6 heteroatoms. The summed E-state index contributed by atoms with van der Waals surface area (Å²) < 4.78 is 0. The van der Waals surface area contributed by atoms with E-state index < -0.39 is 0 Å². The predicted octanol–water partition coefficient (Wildman–Crippen LogP) is 7.66. The van der Waals surface area contributed by atoms with Gasteiger partial charge in [-0.15, -0.1) is 0 Å². The Labute approximate surface area is 173 Å². The third-order valence-corrected chi connectivity index (χ3v) is 5.67. The smallest absolute Gasteiger partial charge is 0.307 e. The van der Waals surface area contributed by atoms with Crippen LogP contribution in [0.1, 0.15) is 26.3 Å². The molecule has 2 N–H and O–H groups in total. The lowest BCUT2D eigenvalue weighted by atomic mass is 9.85. The van der Waals surface area contributed by atoms with Gasteiger partial charge in [-0.2, -0.15) is 11.3 Å². The molecule has 0 aliphatic rings. The van der Waals surface area contributed by atoms with Crippen LogP contribution < -0.4 is 10.6 Å². The molecule has 2 amide bonds. The number of benzene rings is 2. The van der Waals surface area contributed by atoms with Crippen LogP contribution in [0.2, 0.25) is 10.0 Å². The average Bonchev–Trinajstić information content (AvgIpc) is 3.12. The standard InChI is InChI=1S/C21H20Cl2N2OS/c1-21(2,3)14-7-8-15(13-9-10-27-12-13)18(11-14)25-20(26)24-17-6-4-5-16(22)19(17)23/h4-12H,1-3H3,(H2,24,25,26). The van der Waals surface area contributed by atoms with Gasteiger partial charge in [0.05, 0.1) is 21.4 Å². The summed E-state index contributed by atoms with van der Waals surface area (Å²) in [5.41, 5.74) is 4.35. The molecule has 3 rings (SSSR count). The lowest BCUT2D eigenvalue weighted by Crippen LogP contribution is -2.21. The van der Waals surface area contributed by atoms with E-state index in [2.05, 4.69) is 42.9 Å². The maximum Gasteiger partial charge on any atom is 0.323 e. The van der Waals surface area contributed by atoms with E-state index in [1.54, 1.807) is 29.5 Å². The van der Waals surface area contributed by atoms with Gasteiger partial charge in [0.2, 0.25) is 0 Å². The van der Waals surface area contributed by atoms with Crippen molar-refractivity contribution in [2.24, 2.45) is 0 Å². The van der Waals surface area contributed by atoms with Crippen molar-refractivity contribution in [2.45, 2.75) is 26.2 Å². The summed E-state index contributed by atoms with van der Waals surface area (Å²) >= 11 is 13.8. The maximum absolute atomic E-state index is 12.6. The molecule has 27 heavy (non-hydrogen) atoms. The molecule has 3 nitrogen and oxygen atoms in total. The second-order valence-corrected chi connectivity index (χ2v) is 8.77. The first-order chi connectivity index (χ1) is 12.8. The highest BCUT2D eigenvalue weighted by Gasteiger charge is 2.18. The zero-order valence-corrected chi connectivity index (χ0v) is 17.6. The summed E-state index contributed by atoms with van der Waals surface area (Å²) in [6.07, 6.45) is 0. The number of urea groups is 1. The van der Waals surface area contributed by atoms with Crippen molar-refractivity contribution in [3.05, 3.63) is 68.8 Å². The average molecular weight is 419 g/mol. The molecule has 0 aliphatic heterocycles. The molecular formula is C21H20Cl2N2OS. The number of thiophene rings is 1. The minimum absolute atomic E-state index is 0.0314. The molecule has 1 heterocycles. The summed E-state index contributed by atoms with van der Waals surface area (Å²) in [5, 5.41) is 10.5. The van der Waals surface area contributed by atoms with E-state index in [1.807, 2.05) is 23.6 Å². The summed E-state index contributed by atoms with van der Waals surface area (Å²) in [6, 6.07) is 12.9. The molecule has 0 spiro atoms. The van der Waals surface area contributed by atoms with Gasteiger partial charge in [-0.1, -0.05) is 62.2 Å². The van der Waals surface area contributed by atoms with Crippen LogP contribution in [0.3, 0.4) is 0 Å². The van der Waals surface area contributed by atoms with Gasteiger partial charge < -0.3 is 10.6 Å². The predicted molar refractivity (Wildman–Crippen MR) is 118 cm³/mol. The number of nitrogens with one attached hydrogen (secondary N) is 2. The molecule has 0 fully saturated rings.